The fourth-order valence-corrected chi connectivity index (χ4v) is 3.84. The zero-order valence-electron chi connectivity index (χ0n) is 15.2. The summed E-state index contributed by atoms with van der Waals surface area (Å²) in [5.41, 5.74) is 4.53. The molecule has 0 saturated carbocycles. The molecule has 0 spiro atoms. The van der Waals surface area contributed by atoms with Crippen molar-refractivity contribution in [3.8, 4) is 17.1 Å². The second-order valence-corrected chi connectivity index (χ2v) is 7.07. The lowest BCUT2D eigenvalue weighted by Crippen LogP contribution is -2.33. The summed E-state index contributed by atoms with van der Waals surface area (Å²) < 4.78 is 6.12. The van der Waals surface area contributed by atoms with Crippen molar-refractivity contribution in [1.29, 1.82) is 0 Å². The monoisotopic (exact) mass is 359 g/mol. The molecule has 1 N–H and O–H groups in total. The van der Waals surface area contributed by atoms with Gasteiger partial charge in [0, 0.05) is 50.1 Å². The van der Waals surface area contributed by atoms with E-state index < -0.39 is 0 Å². The number of anilines is 1. The topological polar surface area (TPSA) is 63.2 Å². The van der Waals surface area contributed by atoms with Crippen LogP contribution in [0.1, 0.15) is 16.8 Å². The lowest BCUT2D eigenvalue weighted by Gasteiger charge is -2.24. The van der Waals surface area contributed by atoms with Gasteiger partial charge in [-0.1, -0.05) is 18.2 Å². The Morgan fingerprint density at radius 1 is 1.11 bits per heavy atom. The predicted molar refractivity (Wildman–Crippen MR) is 104 cm³/mol. The van der Waals surface area contributed by atoms with Crippen molar-refractivity contribution in [2.45, 2.75) is 25.6 Å². The van der Waals surface area contributed by atoms with Crippen LogP contribution >= 0.6 is 0 Å². The Labute approximate surface area is 158 Å². The minimum atomic E-state index is 0.136. The standard InChI is InChI=1S/C21H21N5O/c1-26(13-16-10-15-4-2-3-5-19(15)27-16)21-17-11-23-12-18(17)24-20(25-21)14-6-8-22-9-7-14/h2-9,16,23H,10-13H2,1H3/t16-/m0/s1. The Balaban J connectivity index is 1.43. The first kappa shape index (κ1) is 16.2. The van der Waals surface area contributed by atoms with Gasteiger partial charge >= 0.3 is 0 Å². The Kier molecular flexibility index (Phi) is 3.98. The Morgan fingerprint density at radius 3 is 2.81 bits per heavy atom. The van der Waals surface area contributed by atoms with Crippen LogP contribution in [-0.2, 0) is 19.5 Å². The van der Waals surface area contributed by atoms with Gasteiger partial charge in [0.1, 0.15) is 17.7 Å². The van der Waals surface area contributed by atoms with Crippen LogP contribution in [0.3, 0.4) is 0 Å². The number of ether oxygens (including phenoxy) is 1. The number of benzene rings is 1. The van der Waals surface area contributed by atoms with E-state index in [1.54, 1.807) is 12.4 Å². The minimum Gasteiger partial charge on any atom is -0.488 e. The van der Waals surface area contributed by atoms with Crippen LogP contribution in [0, 0.1) is 0 Å². The maximum atomic E-state index is 6.12. The average Bonchev–Trinajstić information content (AvgIpc) is 3.33. The number of hydrogen-bond acceptors (Lipinski definition) is 6. The lowest BCUT2D eigenvalue weighted by molar-refractivity contribution is 0.239. The van der Waals surface area contributed by atoms with E-state index >= 15 is 0 Å². The molecule has 2 aliphatic rings. The van der Waals surface area contributed by atoms with E-state index in [-0.39, 0.29) is 6.10 Å². The highest BCUT2D eigenvalue weighted by atomic mass is 16.5. The van der Waals surface area contributed by atoms with Gasteiger partial charge in [-0.05, 0) is 23.8 Å². The van der Waals surface area contributed by atoms with E-state index in [9.17, 15) is 0 Å². The van der Waals surface area contributed by atoms with Crippen molar-refractivity contribution >= 4 is 5.82 Å². The predicted octanol–water partition coefficient (Wildman–Crippen LogP) is 2.58. The van der Waals surface area contributed by atoms with E-state index in [0.717, 1.165) is 54.7 Å². The van der Waals surface area contributed by atoms with E-state index in [1.165, 1.54) is 11.1 Å². The highest BCUT2D eigenvalue weighted by Crippen LogP contribution is 2.31. The summed E-state index contributed by atoms with van der Waals surface area (Å²) in [4.78, 5) is 16.0. The Morgan fingerprint density at radius 2 is 1.96 bits per heavy atom. The first-order valence-electron chi connectivity index (χ1n) is 9.24. The van der Waals surface area contributed by atoms with Crippen molar-refractivity contribution in [3.05, 3.63) is 65.6 Å². The van der Waals surface area contributed by atoms with E-state index in [0.29, 0.717) is 0 Å². The van der Waals surface area contributed by atoms with Crippen molar-refractivity contribution in [2.24, 2.45) is 0 Å². The van der Waals surface area contributed by atoms with Gasteiger partial charge in [-0.3, -0.25) is 4.98 Å². The third-order valence-electron chi connectivity index (χ3n) is 5.16. The number of para-hydroxylation sites is 1. The van der Waals surface area contributed by atoms with Crippen LogP contribution in [0.4, 0.5) is 5.82 Å². The van der Waals surface area contributed by atoms with Gasteiger partial charge in [-0.2, -0.15) is 0 Å². The molecule has 0 radical (unpaired) electrons. The molecule has 4 heterocycles. The molecule has 0 fully saturated rings. The van der Waals surface area contributed by atoms with Gasteiger partial charge in [0.2, 0.25) is 0 Å². The number of rotatable bonds is 4. The fraction of sp³-hybridized carbons (Fsp3) is 0.286. The highest BCUT2D eigenvalue weighted by molar-refractivity contribution is 5.60. The number of nitrogens with zero attached hydrogens (tertiary/aromatic N) is 4. The first-order chi connectivity index (χ1) is 13.3. The number of nitrogens with one attached hydrogen (secondary N) is 1. The number of aromatic nitrogens is 3. The van der Waals surface area contributed by atoms with Gasteiger partial charge in [-0.25, -0.2) is 9.97 Å². The summed E-state index contributed by atoms with van der Waals surface area (Å²) in [6.07, 6.45) is 4.62. The molecular weight excluding hydrogens is 338 g/mol. The minimum absolute atomic E-state index is 0.136. The summed E-state index contributed by atoms with van der Waals surface area (Å²) in [5, 5.41) is 3.40. The number of likely N-dealkylation sites (N-methyl/N-ethyl adjacent to an activating group) is 1. The van der Waals surface area contributed by atoms with Crippen LogP contribution in [0.15, 0.2) is 48.8 Å². The zero-order chi connectivity index (χ0) is 18.2. The molecule has 2 aliphatic heterocycles. The molecule has 6 nitrogen and oxygen atoms in total. The lowest BCUT2D eigenvalue weighted by atomic mass is 10.1. The average molecular weight is 359 g/mol. The summed E-state index contributed by atoms with van der Waals surface area (Å²) in [6, 6.07) is 12.2. The summed E-state index contributed by atoms with van der Waals surface area (Å²) in [5.74, 6) is 2.73. The van der Waals surface area contributed by atoms with Crippen LogP contribution < -0.4 is 15.0 Å². The summed E-state index contributed by atoms with van der Waals surface area (Å²) in [7, 11) is 2.09. The van der Waals surface area contributed by atoms with Crippen molar-refractivity contribution in [1.82, 2.24) is 20.3 Å². The van der Waals surface area contributed by atoms with E-state index in [2.05, 4.69) is 34.4 Å². The molecule has 0 amide bonds. The Hall–Kier alpha value is -2.99. The maximum absolute atomic E-state index is 6.12. The van der Waals surface area contributed by atoms with Crippen LogP contribution in [0.2, 0.25) is 0 Å². The van der Waals surface area contributed by atoms with E-state index in [4.69, 9.17) is 14.7 Å². The molecule has 2 aromatic heterocycles. The van der Waals surface area contributed by atoms with Crippen LogP contribution in [-0.4, -0.2) is 34.6 Å². The maximum Gasteiger partial charge on any atom is 0.161 e. The molecule has 0 bridgehead atoms. The molecule has 5 rings (SSSR count). The highest BCUT2D eigenvalue weighted by Gasteiger charge is 2.27. The molecule has 1 aromatic carbocycles. The van der Waals surface area contributed by atoms with E-state index in [1.807, 2.05) is 24.3 Å². The van der Waals surface area contributed by atoms with Gasteiger partial charge in [0.15, 0.2) is 5.82 Å². The fourth-order valence-electron chi connectivity index (χ4n) is 3.84. The second-order valence-electron chi connectivity index (χ2n) is 7.07. The molecule has 1 atom stereocenters. The normalized spacial score (nSPS) is 17.3. The molecule has 0 unspecified atom stereocenters. The van der Waals surface area contributed by atoms with Gasteiger partial charge in [0.05, 0.1) is 12.2 Å². The molecule has 3 aromatic rings. The summed E-state index contributed by atoms with van der Waals surface area (Å²) in [6.45, 7) is 2.37. The third-order valence-corrected chi connectivity index (χ3v) is 5.16. The zero-order valence-corrected chi connectivity index (χ0v) is 15.2. The molecule has 136 valence electrons. The number of fused-ring (bicyclic) bond motifs is 2. The van der Waals surface area contributed by atoms with Gasteiger partial charge in [-0.15, -0.1) is 0 Å². The quantitative estimate of drug-likeness (QED) is 0.773. The van der Waals surface area contributed by atoms with Gasteiger partial charge in [0.25, 0.3) is 0 Å². The Bertz CT molecular complexity index is 951. The SMILES string of the molecule is CN(C[C@@H]1Cc2ccccc2O1)c1nc(-c2ccncc2)nc2c1CNC2. The number of hydrogen-bond donors (Lipinski definition) is 1. The van der Waals surface area contributed by atoms with Crippen LogP contribution in [0.25, 0.3) is 11.4 Å². The molecule has 0 aliphatic carbocycles. The molecule has 6 heteroatoms. The summed E-state index contributed by atoms with van der Waals surface area (Å²) >= 11 is 0. The first-order valence-corrected chi connectivity index (χ1v) is 9.24. The largest absolute Gasteiger partial charge is 0.488 e. The third kappa shape index (κ3) is 3.02. The second kappa shape index (κ2) is 6.63. The molecular formula is C21H21N5O. The smallest absolute Gasteiger partial charge is 0.161 e. The van der Waals surface area contributed by atoms with Crippen molar-refractivity contribution < 1.29 is 4.74 Å². The van der Waals surface area contributed by atoms with Crippen LogP contribution in [0.5, 0.6) is 5.75 Å². The molecule has 0 saturated heterocycles. The number of pyridine rings is 1. The van der Waals surface area contributed by atoms with Gasteiger partial charge < -0.3 is 15.0 Å². The van der Waals surface area contributed by atoms with Crippen molar-refractivity contribution in [3.63, 3.8) is 0 Å². The molecule has 27 heavy (non-hydrogen) atoms. The van der Waals surface area contributed by atoms with Crippen molar-refractivity contribution in [2.75, 3.05) is 18.5 Å².